The van der Waals surface area contributed by atoms with Gasteiger partial charge < -0.3 is 5.32 Å². The molecule has 24 heavy (non-hydrogen) atoms. The van der Waals surface area contributed by atoms with Crippen LogP contribution in [0, 0.1) is 26.7 Å². The summed E-state index contributed by atoms with van der Waals surface area (Å²) < 4.78 is 0. The number of carbonyl (C=O) groups is 1. The fraction of sp³-hybridized carbons (Fsp3) is 0.409. The molecular formula is C22H29NO. The summed E-state index contributed by atoms with van der Waals surface area (Å²) >= 11 is 0. The first kappa shape index (κ1) is 18.3. The van der Waals surface area contributed by atoms with Crippen LogP contribution in [0.3, 0.4) is 0 Å². The van der Waals surface area contributed by atoms with Crippen LogP contribution in [0.25, 0.3) is 0 Å². The summed E-state index contributed by atoms with van der Waals surface area (Å²) in [6.45, 7) is 12.6. The first-order valence-corrected chi connectivity index (χ1v) is 8.75. The van der Waals surface area contributed by atoms with Crippen LogP contribution in [0.5, 0.6) is 0 Å². The van der Waals surface area contributed by atoms with Crippen LogP contribution < -0.4 is 5.32 Å². The fourth-order valence-electron chi connectivity index (χ4n) is 3.17. The van der Waals surface area contributed by atoms with E-state index in [1.165, 1.54) is 11.1 Å². The molecule has 2 rings (SSSR count). The molecule has 0 aromatic heterocycles. The summed E-state index contributed by atoms with van der Waals surface area (Å²) in [7, 11) is 0. The molecule has 128 valence electrons. The van der Waals surface area contributed by atoms with Crippen LogP contribution in [0.4, 0.5) is 5.69 Å². The van der Waals surface area contributed by atoms with Crippen molar-refractivity contribution in [1.82, 2.24) is 0 Å². The van der Waals surface area contributed by atoms with Crippen molar-refractivity contribution in [3.63, 3.8) is 0 Å². The molecule has 1 atom stereocenters. The minimum atomic E-state index is -0.168. The normalized spacial score (nSPS) is 12.3. The Kier molecular flexibility index (Phi) is 5.82. The number of carbonyl (C=O) groups excluding carboxylic acids is 1. The maximum atomic E-state index is 12.7. The molecule has 0 radical (unpaired) electrons. The molecule has 0 aliphatic carbocycles. The van der Waals surface area contributed by atoms with Crippen LogP contribution in [0.1, 0.15) is 54.5 Å². The van der Waals surface area contributed by atoms with Gasteiger partial charge in [-0.15, -0.1) is 0 Å². The third-order valence-electron chi connectivity index (χ3n) is 4.44. The molecule has 0 spiro atoms. The van der Waals surface area contributed by atoms with E-state index < -0.39 is 0 Å². The van der Waals surface area contributed by atoms with Crippen molar-refractivity contribution < 1.29 is 4.79 Å². The summed E-state index contributed by atoms with van der Waals surface area (Å²) in [5.74, 6) is 0.518. The van der Waals surface area contributed by atoms with Crippen molar-refractivity contribution in [3.05, 3.63) is 64.2 Å². The SMILES string of the molecule is Cc1cc(C)c(NC(=O)C(C)c2ccc(CC(C)C)cc2)c(C)c1. The minimum absolute atomic E-state index is 0.0432. The largest absolute Gasteiger partial charge is 0.325 e. The number of amides is 1. The van der Waals surface area contributed by atoms with Crippen LogP contribution >= 0.6 is 0 Å². The third-order valence-corrected chi connectivity index (χ3v) is 4.44. The highest BCUT2D eigenvalue weighted by atomic mass is 16.1. The van der Waals surface area contributed by atoms with Crippen molar-refractivity contribution in [2.45, 2.75) is 53.9 Å². The Morgan fingerprint density at radius 2 is 1.50 bits per heavy atom. The highest BCUT2D eigenvalue weighted by molar-refractivity contribution is 5.96. The van der Waals surface area contributed by atoms with Gasteiger partial charge in [0.1, 0.15) is 0 Å². The van der Waals surface area contributed by atoms with E-state index in [1.807, 2.05) is 20.8 Å². The van der Waals surface area contributed by atoms with Crippen molar-refractivity contribution in [1.29, 1.82) is 0 Å². The summed E-state index contributed by atoms with van der Waals surface area (Å²) in [4.78, 5) is 12.7. The van der Waals surface area contributed by atoms with Gasteiger partial charge in [0, 0.05) is 5.69 Å². The predicted molar refractivity (Wildman–Crippen MR) is 103 cm³/mol. The number of rotatable bonds is 5. The van der Waals surface area contributed by atoms with Gasteiger partial charge in [-0.3, -0.25) is 4.79 Å². The quantitative estimate of drug-likeness (QED) is 0.767. The van der Waals surface area contributed by atoms with Crippen molar-refractivity contribution >= 4 is 11.6 Å². The molecule has 2 heteroatoms. The van der Waals surface area contributed by atoms with Crippen LogP contribution in [0.2, 0.25) is 0 Å². The Bertz CT molecular complexity index is 690. The van der Waals surface area contributed by atoms with E-state index in [1.54, 1.807) is 0 Å². The summed E-state index contributed by atoms with van der Waals surface area (Å²) in [6, 6.07) is 12.7. The van der Waals surface area contributed by atoms with Gasteiger partial charge in [-0.05, 0) is 62.3 Å². The molecule has 0 aliphatic heterocycles. The van der Waals surface area contributed by atoms with Gasteiger partial charge in [-0.2, -0.15) is 0 Å². The highest BCUT2D eigenvalue weighted by Crippen LogP contribution is 2.25. The first-order chi connectivity index (χ1) is 11.3. The van der Waals surface area contributed by atoms with E-state index in [0.29, 0.717) is 5.92 Å². The molecule has 0 heterocycles. The lowest BCUT2D eigenvalue weighted by Gasteiger charge is -2.17. The van der Waals surface area contributed by atoms with Crippen LogP contribution in [-0.2, 0) is 11.2 Å². The number of nitrogens with one attached hydrogen (secondary N) is 1. The Balaban J connectivity index is 2.12. The van der Waals surface area contributed by atoms with Gasteiger partial charge in [0.25, 0.3) is 0 Å². The maximum Gasteiger partial charge on any atom is 0.231 e. The first-order valence-electron chi connectivity index (χ1n) is 8.75. The number of anilines is 1. The lowest BCUT2D eigenvalue weighted by Crippen LogP contribution is -2.20. The van der Waals surface area contributed by atoms with Crippen molar-refractivity contribution in [2.75, 3.05) is 5.32 Å². The van der Waals surface area contributed by atoms with Crippen LogP contribution in [-0.4, -0.2) is 5.91 Å². The smallest absolute Gasteiger partial charge is 0.231 e. The lowest BCUT2D eigenvalue weighted by molar-refractivity contribution is -0.117. The molecule has 0 saturated carbocycles. The predicted octanol–water partition coefficient (Wildman–Crippen LogP) is 5.55. The van der Waals surface area contributed by atoms with E-state index in [-0.39, 0.29) is 11.8 Å². The van der Waals surface area contributed by atoms with E-state index in [0.717, 1.165) is 28.8 Å². The number of hydrogen-bond acceptors (Lipinski definition) is 1. The Morgan fingerprint density at radius 3 is 2.00 bits per heavy atom. The van der Waals surface area contributed by atoms with Gasteiger partial charge in [-0.1, -0.05) is 55.8 Å². The second-order valence-electron chi connectivity index (χ2n) is 7.32. The molecule has 2 aromatic carbocycles. The Hall–Kier alpha value is -2.09. The highest BCUT2D eigenvalue weighted by Gasteiger charge is 2.17. The van der Waals surface area contributed by atoms with Crippen molar-refractivity contribution in [3.8, 4) is 0 Å². The zero-order chi connectivity index (χ0) is 17.9. The second kappa shape index (κ2) is 7.65. The third kappa shape index (κ3) is 4.47. The zero-order valence-corrected chi connectivity index (χ0v) is 15.7. The molecule has 0 aliphatic rings. The Labute approximate surface area is 146 Å². The molecule has 0 bridgehead atoms. The van der Waals surface area contributed by atoms with E-state index in [9.17, 15) is 4.79 Å². The number of benzene rings is 2. The van der Waals surface area contributed by atoms with Gasteiger partial charge in [0.15, 0.2) is 0 Å². The monoisotopic (exact) mass is 323 g/mol. The topological polar surface area (TPSA) is 29.1 Å². The molecule has 1 N–H and O–H groups in total. The van der Waals surface area contributed by atoms with Gasteiger partial charge in [0.05, 0.1) is 5.92 Å². The molecule has 2 aromatic rings. The molecule has 2 nitrogen and oxygen atoms in total. The molecule has 1 unspecified atom stereocenters. The molecule has 0 saturated heterocycles. The number of aryl methyl sites for hydroxylation is 3. The van der Waals surface area contributed by atoms with E-state index in [2.05, 4.69) is 62.5 Å². The van der Waals surface area contributed by atoms with Gasteiger partial charge in [0.2, 0.25) is 5.91 Å². The fourth-order valence-corrected chi connectivity index (χ4v) is 3.17. The molecule has 1 amide bonds. The van der Waals surface area contributed by atoms with E-state index >= 15 is 0 Å². The average Bonchev–Trinajstić information content (AvgIpc) is 2.50. The minimum Gasteiger partial charge on any atom is -0.325 e. The number of hydrogen-bond donors (Lipinski definition) is 1. The second-order valence-corrected chi connectivity index (χ2v) is 7.32. The van der Waals surface area contributed by atoms with Crippen LogP contribution in [0.15, 0.2) is 36.4 Å². The zero-order valence-electron chi connectivity index (χ0n) is 15.7. The van der Waals surface area contributed by atoms with Crippen molar-refractivity contribution in [2.24, 2.45) is 5.92 Å². The maximum absolute atomic E-state index is 12.7. The Morgan fingerprint density at radius 1 is 0.958 bits per heavy atom. The lowest BCUT2D eigenvalue weighted by atomic mass is 9.96. The molecule has 0 fully saturated rings. The standard InChI is InChI=1S/C22H29NO/c1-14(2)11-19-7-9-20(10-8-19)18(6)22(24)23-21-16(4)12-15(3)13-17(21)5/h7-10,12-14,18H,11H2,1-6H3,(H,23,24). The average molecular weight is 323 g/mol. The van der Waals surface area contributed by atoms with E-state index in [4.69, 9.17) is 0 Å². The van der Waals surface area contributed by atoms with Gasteiger partial charge in [-0.25, -0.2) is 0 Å². The summed E-state index contributed by atoms with van der Waals surface area (Å²) in [5, 5.41) is 3.11. The summed E-state index contributed by atoms with van der Waals surface area (Å²) in [5.41, 5.74) is 6.76. The van der Waals surface area contributed by atoms with Gasteiger partial charge >= 0.3 is 0 Å². The molecular weight excluding hydrogens is 294 g/mol. The summed E-state index contributed by atoms with van der Waals surface area (Å²) in [6.07, 6.45) is 1.07.